The van der Waals surface area contributed by atoms with Crippen LogP contribution in [-0.2, 0) is 23.0 Å². The Morgan fingerprint density at radius 1 is 1.22 bits per heavy atom. The summed E-state index contributed by atoms with van der Waals surface area (Å²) in [5.41, 5.74) is 3.28. The highest BCUT2D eigenvalue weighted by atomic mass is 35.5. The van der Waals surface area contributed by atoms with Gasteiger partial charge in [0.1, 0.15) is 0 Å². The van der Waals surface area contributed by atoms with Gasteiger partial charge in [0.25, 0.3) is 5.56 Å². The van der Waals surface area contributed by atoms with Crippen LogP contribution >= 0.6 is 23.2 Å². The molecule has 32 heavy (non-hydrogen) atoms. The number of carbonyl (C=O) groups is 1. The summed E-state index contributed by atoms with van der Waals surface area (Å²) in [6, 6.07) is 8.97. The van der Waals surface area contributed by atoms with Gasteiger partial charge in [0.2, 0.25) is 5.95 Å². The highest BCUT2D eigenvalue weighted by Crippen LogP contribution is 2.34. The monoisotopic (exact) mass is 472 g/mol. The first kappa shape index (κ1) is 22.2. The van der Waals surface area contributed by atoms with Gasteiger partial charge in [-0.2, -0.15) is 0 Å². The Balaban J connectivity index is 1.85. The maximum absolute atomic E-state index is 13.0. The van der Waals surface area contributed by atoms with Crippen molar-refractivity contribution in [3.8, 4) is 0 Å². The van der Waals surface area contributed by atoms with Gasteiger partial charge >= 0.3 is 5.97 Å². The smallest absolute Gasteiger partial charge is 0.306 e. The van der Waals surface area contributed by atoms with Crippen molar-refractivity contribution in [3.63, 3.8) is 0 Å². The van der Waals surface area contributed by atoms with Gasteiger partial charge in [-0.25, -0.2) is 4.98 Å². The molecule has 166 valence electrons. The Morgan fingerprint density at radius 2 is 1.94 bits per heavy atom. The van der Waals surface area contributed by atoms with Crippen LogP contribution in [0.25, 0.3) is 21.8 Å². The minimum Gasteiger partial charge on any atom is -0.466 e. The standard InChI is InChI=1S/C23H22Cl2N4O3/c1-4-32-18(30)11-9-13-12(2)26-22(31)19-14(13)8-10-17-21(19)29(3)23(27-17)28-20-15(24)6-5-7-16(20)25/h5-8,10H,4,9,11H2,1-3H3,(H,26,31)(H,27,28). The lowest BCUT2D eigenvalue weighted by Gasteiger charge is -2.12. The van der Waals surface area contributed by atoms with Gasteiger partial charge in [-0.3, -0.25) is 9.59 Å². The Morgan fingerprint density at radius 3 is 2.62 bits per heavy atom. The van der Waals surface area contributed by atoms with Gasteiger partial charge in [0.15, 0.2) is 0 Å². The van der Waals surface area contributed by atoms with E-state index in [-0.39, 0.29) is 17.9 Å². The number of aromatic nitrogens is 3. The summed E-state index contributed by atoms with van der Waals surface area (Å²) < 4.78 is 6.86. The highest BCUT2D eigenvalue weighted by Gasteiger charge is 2.18. The molecule has 2 aromatic carbocycles. The van der Waals surface area contributed by atoms with E-state index in [0.29, 0.717) is 51.1 Å². The van der Waals surface area contributed by atoms with E-state index in [4.69, 9.17) is 27.9 Å². The Labute approximate surface area is 194 Å². The van der Waals surface area contributed by atoms with E-state index in [1.54, 1.807) is 29.7 Å². The van der Waals surface area contributed by atoms with Crippen molar-refractivity contribution in [2.24, 2.45) is 7.05 Å². The quantitative estimate of drug-likeness (QED) is 0.373. The van der Waals surface area contributed by atoms with Crippen LogP contribution in [0, 0.1) is 6.92 Å². The number of rotatable bonds is 6. The summed E-state index contributed by atoms with van der Waals surface area (Å²) in [6.45, 7) is 3.95. The van der Waals surface area contributed by atoms with Crippen LogP contribution in [0.1, 0.15) is 24.6 Å². The number of pyridine rings is 1. The number of hydrogen-bond donors (Lipinski definition) is 2. The number of ether oxygens (including phenoxy) is 1. The third-order valence-electron chi connectivity index (χ3n) is 5.43. The van der Waals surface area contributed by atoms with Crippen LogP contribution in [0.4, 0.5) is 11.6 Å². The summed E-state index contributed by atoms with van der Waals surface area (Å²) in [7, 11) is 1.82. The molecule has 0 unspecified atom stereocenters. The number of anilines is 2. The van der Waals surface area contributed by atoms with E-state index in [1.807, 2.05) is 26.1 Å². The first-order chi connectivity index (χ1) is 15.3. The average Bonchev–Trinajstić information content (AvgIpc) is 3.06. The number of carbonyl (C=O) groups excluding carboxylic acids is 1. The maximum Gasteiger partial charge on any atom is 0.306 e. The van der Waals surface area contributed by atoms with Crippen molar-refractivity contribution >= 4 is 62.6 Å². The van der Waals surface area contributed by atoms with Gasteiger partial charge in [-0.15, -0.1) is 0 Å². The zero-order valence-corrected chi connectivity index (χ0v) is 19.4. The zero-order valence-electron chi connectivity index (χ0n) is 17.9. The summed E-state index contributed by atoms with van der Waals surface area (Å²) in [5.74, 6) is 0.228. The number of benzene rings is 2. The number of hydrogen-bond acceptors (Lipinski definition) is 5. The second-order valence-corrected chi connectivity index (χ2v) is 8.25. The minimum atomic E-state index is -0.268. The van der Waals surface area contributed by atoms with Crippen LogP contribution in [0.3, 0.4) is 0 Å². The van der Waals surface area contributed by atoms with Gasteiger partial charge in [0, 0.05) is 19.2 Å². The molecule has 0 atom stereocenters. The van der Waals surface area contributed by atoms with E-state index in [1.165, 1.54) is 0 Å². The predicted octanol–water partition coefficient (Wildman–Crippen LogP) is 5.27. The Bertz CT molecular complexity index is 1390. The number of esters is 1. The fourth-order valence-electron chi connectivity index (χ4n) is 3.92. The second kappa shape index (κ2) is 8.84. The van der Waals surface area contributed by atoms with Crippen molar-refractivity contribution in [2.45, 2.75) is 26.7 Å². The van der Waals surface area contributed by atoms with Crippen LogP contribution in [0.5, 0.6) is 0 Å². The fourth-order valence-corrected chi connectivity index (χ4v) is 4.41. The molecule has 4 aromatic rings. The maximum atomic E-state index is 13.0. The van der Waals surface area contributed by atoms with Crippen molar-refractivity contribution in [3.05, 3.63) is 62.0 Å². The molecule has 2 heterocycles. The van der Waals surface area contributed by atoms with Crippen molar-refractivity contribution in [1.82, 2.24) is 14.5 Å². The highest BCUT2D eigenvalue weighted by molar-refractivity contribution is 6.39. The molecule has 0 aliphatic heterocycles. The fraction of sp³-hybridized carbons (Fsp3) is 0.261. The number of imidazole rings is 1. The lowest BCUT2D eigenvalue weighted by atomic mass is 9.99. The molecular weight excluding hydrogens is 451 g/mol. The molecular formula is C23H22Cl2N4O3. The third-order valence-corrected chi connectivity index (χ3v) is 6.06. The molecule has 9 heteroatoms. The number of nitrogens with zero attached hydrogens (tertiary/aromatic N) is 2. The normalized spacial score (nSPS) is 11.3. The topological polar surface area (TPSA) is 89.0 Å². The molecule has 0 radical (unpaired) electrons. The summed E-state index contributed by atoms with van der Waals surface area (Å²) >= 11 is 12.6. The molecule has 0 fully saturated rings. The molecule has 0 amide bonds. The molecule has 0 spiro atoms. The number of H-pyrrole nitrogens is 1. The summed E-state index contributed by atoms with van der Waals surface area (Å²) in [6.07, 6.45) is 0.693. The molecule has 2 N–H and O–H groups in total. The third kappa shape index (κ3) is 3.94. The van der Waals surface area contributed by atoms with Crippen molar-refractivity contribution in [1.29, 1.82) is 0 Å². The van der Waals surface area contributed by atoms with Gasteiger partial charge in [-0.1, -0.05) is 35.3 Å². The van der Waals surface area contributed by atoms with Crippen LogP contribution in [0.2, 0.25) is 10.0 Å². The van der Waals surface area contributed by atoms with Crippen LogP contribution < -0.4 is 10.9 Å². The Hall–Kier alpha value is -3.03. The number of fused-ring (bicyclic) bond motifs is 3. The minimum absolute atomic E-state index is 0.215. The molecule has 4 rings (SSSR count). The van der Waals surface area contributed by atoms with Crippen molar-refractivity contribution < 1.29 is 9.53 Å². The number of halogens is 2. The van der Waals surface area contributed by atoms with Gasteiger partial charge in [-0.05, 0) is 49.4 Å². The zero-order chi connectivity index (χ0) is 23.0. The molecule has 0 saturated heterocycles. The van der Waals surface area contributed by atoms with Crippen LogP contribution in [-0.4, -0.2) is 27.1 Å². The van der Waals surface area contributed by atoms with E-state index >= 15 is 0 Å². The molecule has 7 nitrogen and oxygen atoms in total. The molecule has 0 saturated carbocycles. The van der Waals surface area contributed by atoms with E-state index in [0.717, 1.165) is 16.6 Å². The largest absolute Gasteiger partial charge is 0.466 e. The van der Waals surface area contributed by atoms with E-state index < -0.39 is 0 Å². The van der Waals surface area contributed by atoms with Crippen molar-refractivity contribution in [2.75, 3.05) is 11.9 Å². The summed E-state index contributed by atoms with van der Waals surface area (Å²) in [4.78, 5) is 32.4. The Kier molecular flexibility index (Phi) is 6.13. The van der Waals surface area contributed by atoms with Gasteiger partial charge < -0.3 is 19.6 Å². The van der Waals surface area contributed by atoms with E-state index in [2.05, 4.69) is 15.3 Å². The first-order valence-electron chi connectivity index (χ1n) is 10.2. The average molecular weight is 473 g/mol. The predicted molar refractivity (Wildman–Crippen MR) is 128 cm³/mol. The lowest BCUT2D eigenvalue weighted by Crippen LogP contribution is -2.14. The van der Waals surface area contributed by atoms with Gasteiger partial charge in [0.05, 0.1) is 38.8 Å². The van der Waals surface area contributed by atoms with Crippen LogP contribution in [0.15, 0.2) is 35.1 Å². The molecule has 0 bridgehead atoms. The molecule has 2 aromatic heterocycles. The lowest BCUT2D eigenvalue weighted by molar-refractivity contribution is -0.143. The first-order valence-corrected chi connectivity index (χ1v) is 10.9. The SMILES string of the molecule is CCOC(=O)CCc1c(C)[nH]c(=O)c2c1ccc1nc(Nc3c(Cl)cccc3Cl)n(C)c12. The number of nitrogens with one attached hydrogen (secondary N) is 2. The number of aromatic amines is 1. The number of aryl methyl sites for hydroxylation is 3. The molecule has 0 aliphatic rings. The second-order valence-electron chi connectivity index (χ2n) is 7.43. The summed E-state index contributed by atoms with van der Waals surface area (Å²) in [5, 5.41) is 5.40. The molecule has 0 aliphatic carbocycles. The van der Waals surface area contributed by atoms with E-state index in [9.17, 15) is 9.59 Å². The number of para-hydroxylation sites is 1.